The first-order valence-electron chi connectivity index (χ1n) is 6.64. The molecule has 1 aliphatic rings. The average molecular weight is 238 g/mol. The van der Waals surface area contributed by atoms with Crippen molar-refractivity contribution in [3.63, 3.8) is 0 Å². The second-order valence-corrected chi connectivity index (χ2v) is 4.90. The Balaban J connectivity index is 1.80. The molecule has 2 heteroatoms. The van der Waals surface area contributed by atoms with Crippen LogP contribution in [0, 0.1) is 0 Å². The van der Waals surface area contributed by atoms with Crippen molar-refractivity contribution < 1.29 is 0 Å². The van der Waals surface area contributed by atoms with E-state index in [1.807, 2.05) is 12.3 Å². The first-order chi connectivity index (χ1) is 8.92. The smallest absolute Gasteiger partial charge is 0.0705 e. The molecule has 92 valence electrons. The highest BCUT2D eigenvalue weighted by molar-refractivity contribution is 5.59. The number of hydrogen-bond donors (Lipinski definition) is 0. The molecule has 0 saturated carbocycles. The fourth-order valence-electron chi connectivity index (χ4n) is 2.54. The third kappa shape index (κ3) is 2.59. The van der Waals surface area contributed by atoms with Gasteiger partial charge in [0.2, 0.25) is 0 Å². The maximum Gasteiger partial charge on any atom is 0.0705 e. The highest BCUT2D eigenvalue weighted by Crippen LogP contribution is 2.19. The van der Waals surface area contributed by atoms with E-state index in [0.29, 0.717) is 0 Å². The van der Waals surface area contributed by atoms with Gasteiger partial charge in [-0.25, -0.2) is 0 Å². The van der Waals surface area contributed by atoms with Gasteiger partial charge in [-0.3, -0.25) is 9.88 Å². The minimum absolute atomic E-state index is 1.06. The van der Waals surface area contributed by atoms with E-state index in [4.69, 9.17) is 0 Å². The fraction of sp³-hybridized carbons (Fsp3) is 0.312. The lowest BCUT2D eigenvalue weighted by atomic mass is 10.1. The highest BCUT2D eigenvalue weighted by Gasteiger charge is 2.12. The molecule has 0 bridgehead atoms. The molecule has 0 atom stereocenters. The van der Waals surface area contributed by atoms with Gasteiger partial charge in [0.05, 0.1) is 5.69 Å². The van der Waals surface area contributed by atoms with Gasteiger partial charge in [0.1, 0.15) is 0 Å². The van der Waals surface area contributed by atoms with Crippen molar-refractivity contribution in [3.05, 3.63) is 54.2 Å². The molecular formula is C16H18N2. The van der Waals surface area contributed by atoms with Gasteiger partial charge in [-0.2, -0.15) is 0 Å². The molecule has 2 nitrogen and oxygen atoms in total. The summed E-state index contributed by atoms with van der Waals surface area (Å²) in [6.07, 6.45) is 4.61. The molecule has 0 N–H and O–H groups in total. The Morgan fingerprint density at radius 3 is 2.56 bits per heavy atom. The molecule has 1 aliphatic heterocycles. The molecule has 0 unspecified atom stereocenters. The Kier molecular flexibility index (Phi) is 3.37. The zero-order valence-electron chi connectivity index (χ0n) is 10.5. The van der Waals surface area contributed by atoms with Crippen LogP contribution in [0.5, 0.6) is 0 Å². The molecule has 2 heterocycles. The van der Waals surface area contributed by atoms with E-state index in [9.17, 15) is 0 Å². The first kappa shape index (κ1) is 11.4. The molecule has 0 aliphatic carbocycles. The molecule has 1 aromatic carbocycles. The fourth-order valence-corrected chi connectivity index (χ4v) is 2.54. The van der Waals surface area contributed by atoms with Crippen molar-refractivity contribution in [1.29, 1.82) is 0 Å². The summed E-state index contributed by atoms with van der Waals surface area (Å²) in [5.74, 6) is 0. The van der Waals surface area contributed by atoms with Gasteiger partial charge in [0.25, 0.3) is 0 Å². The zero-order chi connectivity index (χ0) is 12.2. The predicted octanol–water partition coefficient (Wildman–Crippen LogP) is 3.34. The Morgan fingerprint density at radius 1 is 1.00 bits per heavy atom. The van der Waals surface area contributed by atoms with Gasteiger partial charge >= 0.3 is 0 Å². The molecule has 0 radical (unpaired) electrons. The van der Waals surface area contributed by atoms with Gasteiger partial charge in [-0.1, -0.05) is 30.3 Å². The van der Waals surface area contributed by atoms with E-state index in [-0.39, 0.29) is 0 Å². The normalized spacial score (nSPS) is 16.0. The maximum atomic E-state index is 4.47. The molecule has 0 spiro atoms. The molecule has 1 saturated heterocycles. The lowest BCUT2D eigenvalue weighted by molar-refractivity contribution is 0.331. The second-order valence-electron chi connectivity index (χ2n) is 4.90. The molecule has 18 heavy (non-hydrogen) atoms. The SMILES string of the molecule is c1ccc(-c2cc(CN3CCCC3)ccn2)cc1. The number of aromatic nitrogens is 1. The van der Waals surface area contributed by atoms with Crippen LogP contribution in [0.15, 0.2) is 48.7 Å². The zero-order valence-corrected chi connectivity index (χ0v) is 10.5. The maximum absolute atomic E-state index is 4.47. The van der Waals surface area contributed by atoms with E-state index in [0.717, 1.165) is 12.2 Å². The van der Waals surface area contributed by atoms with Gasteiger partial charge < -0.3 is 0 Å². The minimum Gasteiger partial charge on any atom is -0.299 e. The van der Waals surface area contributed by atoms with E-state index >= 15 is 0 Å². The van der Waals surface area contributed by atoms with Crippen LogP contribution in [0.3, 0.4) is 0 Å². The van der Waals surface area contributed by atoms with Crippen molar-refractivity contribution in [2.45, 2.75) is 19.4 Å². The van der Waals surface area contributed by atoms with Gasteiger partial charge in [0, 0.05) is 18.3 Å². The van der Waals surface area contributed by atoms with Crippen LogP contribution < -0.4 is 0 Å². The summed E-state index contributed by atoms with van der Waals surface area (Å²) in [5.41, 5.74) is 3.64. The van der Waals surface area contributed by atoms with E-state index < -0.39 is 0 Å². The standard InChI is InChI=1S/C16H18N2/c1-2-6-15(7-3-1)16-12-14(8-9-17-16)13-18-10-4-5-11-18/h1-3,6-9,12H,4-5,10-11,13H2. The molecule has 1 aromatic heterocycles. The van der Waals surface area contributed by atoms with Crippen LogP contribution in [0.25, 0.3) is 11.3 Å². The Morgan fingerprint density at radius 2 is 1.78 bits per heavy atom. The summed E-state index contributed by atoms with van der Waals surface area (Å²) in [7, 11) is 0. The number of hydrogen-bond acceptors (Lipinski definition) is 2. The van der Waals surface area contributed by atoms with Gasteiger partial charge in [-0.05, 0) is 43.6 Å². The molecular weight excluding hydrogens is 220 g/mol. The summed E-state index contributed by atoms with van der Waals surface area (Å²) in [6, 6.07) is 14.7. The number of pyridine rings is 1. The topological polar surface area (TPSA) is 16.1 Å². The van der Waals surface area contributed by atoms with Crippen molar-refractivity contribution >= 4 is 0 Å². The number of likely N-dealkylation sites (tertiary alicyclic amines) is 1. The van der Waals surface area contributed by atoms with Gasteiger partial charge in [-0.15, -0.1) is 0 Å². The van der Waals surface area contributed by atoms with Crippen LogP contribution in [-0.2, 0) is 6.54 Å². The van der Waals surface area contributed by atoms with E-state index in [2.05, 4.69) is 46.3 Å². The summed E-state index contributed by atoms with van der Waals surface area (Å²) in [5, 5.41) is 0. The highest BCUT2D eigenvalue weighted by atomic mass is 15.1. The van der Waals surface area contributed by atoms with Crippen molar-refractivity contribution in [2.75, 3.05) is 13.1 Å². The second kappa shape index (κ2) is 5.32. The third-order valence-electron chi connectivity index (χ3n) is 3.50. The summed E-state index contributed by atoms with van der Waals surface area (Å²) >= 11 is 0. The lowest BCUT2D eigenvalue weighted by Crippen LogP contribution is -2.18. The number of nitrogens with zero attached hydrogens (tertiary/aromatic N) is 2. The minimum atomic E-state index is 1.06. The van der Waals surface area contributed by atoms with Crippen molar-refractivity contribution in [2.24, 2.45) is 0 Å². The monoisotopic (exact) mass is 238 g/mol. The van der Waals surface area contributed by atoms with Crippen molar-refractivity contribution in [1.82, 2.24) is 9.88 Å². The third-order valence-corrected chi connectivity index (χ3v) is 3.50. The Bertz CT molecular complexity index is 502. The predicted molar refractivity (Wildman–Crippen MR) is 74.2 cm³/mol. The summed E-state index contributed by atoms with van der Waals surface area (Å²) in [4.78, 5) is 6.98. The molecule has 2 aromatic rings. The molecule has 1 fully saturated rings. The van der Waals surface area contributed by atoms with Crippen LogP contribution in [-0.4, -0.2) is 23.0 Å². The van der Waals surface area contributed by atoms with E-state index in [1.165, 1.54) is 37.1 Å². The Hall–Kier alpha value is -1.67. The Labute approximate surface area is 108 Å². The van der Waals surface area contributed by atoms with Crippen molar-refractivity contribution in [3.8, 4) is 11.3 Å². The first-order valence-corrected chi connectivity index (χ1v) is 6.64. The molecule has 0 amide bonds. The summed E-state index contributed by atoms with van der Waals surface area (Å²) in [6.45, 7) is 3.54. The van der Waals surface area contributed by atoms with Crippen LogP contribution in [0.2, 0.25) is 0 Å². The largest absolute Gasteiger partial charge is 0.299 e. The summed E-state index contributed by atoms with van der Waals surface area (Å²) < 4.78 is 0. The van der Waals surface area contributed by atoms with E-state index in [1.54, 1.807) is 0 Å². The quantitative estimate of drug-likeness (QED) is 0.815. The van der Waals surface area contributed by atoms with Crippen LogP contribution in [0.4, 0.5) is 0 Å². The van der Waals surface area contributed by atoms with Gasteiger partial charge in [0.15, 0.2) is 0 Å². The average Bonchev–Trinajstić information content (AvgIpc) is 2.93. The molecule has 3 rings (SSSR count). The van der Waals surface area contributed by atoms with Crippen LogP contribution >= 0.6 is 0 Å². The number of benzene rings is 1. The lowest BCUT2D eigenvalue weighted by Gasteiger charge is -2.14. The van der Waals surface area contributed by atoms with Crippen LogP contribution in [0.1, 0.15) is 18.4 Å². The number of rotatable bonds is 3.